The second-order valence-electron chi connectivity index (χ2n) is 7.59. The fraction of sp³-hybridized carbons (Fsp3) is 0.0370. The standard InChI is InChI=1S/C27H18N2OS/c1-17-7-5-11-22-23-12-6-10-21(25(23)31-24(17)22)18-13-15-20(16-14-18)27-29-28-26(30-27)19-8-3-2-4-9-19/h2-16H,1H3. The van der Waals surface area contributed by atoms with Crippen LogP contribution >= 0.6 is 11.3 Å². The first kappa shape index (κ1) is 18.0. The maximum Gasteiger partial charge on any atom is 0.248 e. The highest BCUT2D eigenvalue weighted by Crippen LogP contribution is 2.41. The van der Waals surface area contributed by atoms with E-state index in [9.17, 15) is 0 Å². The molecule has 6 aromatic rings. The molecular formula is C27H18N2OS. The molecule has 3 nitrogen and oxygen atoms in total. The summed E-state index contributed by atoms with van der Waals surface area (Å²) in [7, 11) is 0. The van der Waals surface area contributed by atoms with E-state index in [-0.39, 0.29) is 0 Å². The molecule has 0 unspecified atom stereocenters. The van der Waals surface area contributed by atoms with Crippen LogP contribution in [0.5, 0.6) is 0 Å². The molecule has 2 aromatic heterocycles. The van der Waals surface area contributed by atoms with Gasteiger partial charge in [0.2, 0.25) is 11.8 Å². The van der Waals surface area contributed by atoms with Crippen LogP contribution in [0.4, 0.5) is 0 Å². The van der Waals surface area contributed by atoms with Crippen molar-refractivity contribution in [2.45, 2.75) is 6.92 Å². The van der Waals surface area contributed by atoms with Crippen LogP contribution in [0.25, 0.3) is 54.2 Å². The van der Waals surface area contributed by atoms with Crippen molar-refractivity contribution in [2.24, 2.45) is 0 Å². The minimum absolute atomic E-state index is 0.529. The summed E-state index contributed by atoms with van der Waals surface area (Å²) < 4.78 is 8.59. The summed E-state index contributed by atoms with van der Waals surface area (Å²) in [5.41, 5.74) is 5.59. The molecule has 0 aliphatic carbocycles. The third-order valence-electron chi connectivity index (χ3n) is 5.61. The lowest BCUT2D eigenvalue weighted by molar-refractivity contribution is 0.584. The van der Waals surface area contributed by atoms with E-state index in [0.717, 1.165) is 11.1 Å². The first-order valence-electron chi connectivity index (χ1n) is 10.2. The highest BCUT2D eigenvalue weighted by Gasteiger charge is 2.13. The number of benzene rings is 4. The molecule has 0 fully saturated rings. The molecule has 0 bridgehead atoms. The van der Waals surface area contributed by atoms with Gasteiger partial charge in [0.15, 0.2) is 0 Å². The molecule has 0 radical (unpaired) electrons. The van der Waals surface area contributed by atoms with Gasteiger partial charge in [-0.3, -0.25) is 0 Å². The zero-order valence-corrected chi connectivity index (χ0v) is 17.7. The highest BCUT2D eigenvalue weighted by molar-refractivity contribution is 7.26. The fourth-order valence-corrected chi connectivity index (χ4v) is 5.32. The van der Waals surface area contributed by atoms with Gasteiger partial charge in [0.05, 0.1) is 0 Å². The van der Waals surface area contributed by atoms with E-state index < -0.39 is 0 Å². The van der Waals surface area contributed by atoms with Crippen molar-refractivity contribution >= 4 is 31.5 Å². The van der Waals surface area contributed by atoms with E-state index in [0.29, 0.717) is 11.8 Å². The van der Waals surface area contributed by atoms with Crippen LogP contribution in [-0.4, -0.2) is 10.2 Å². The fourth-order valence-electron chi connectivity index (χ4n) is 4.02. The number of fused-ring (bicyclic) bond motifs is 3. The monoisotopic (exact) mass is 418 g/mol. The Kier molecular flexibility index (Phi) is 4.18. The van der Waals surface area contributed by atoms with Gasteiger partial charge in [0, 0.05) is 31.3 Å². The summed E-state index contributed by atoms with van der Waals surface area (Å²) in [6.45, 7) is 2.18. The van der Waals surface area contributed by atoms with Gasteiger partial charge in [-0.25, -0.2) is 0 Å². The van der Waals surface area contributed by atoms with Crippen molar-refractivity contribution in [1.29, 1.82) is 0 Å². The molecule has 0 amide bonds. The molecule has 4 heteroatoms. The predicted molar refractivity (Wildman–Crippen MR) is 128 cm³/mol. The van der Waals surface area contributed by atoms with Gasteiger partial charge in [-0.2, -0.15) is 0 Å². The molecule has 2 heterocycles. The van der Waals surface area contributed by atoms with Gasteiger partial charge < -0.3 is 4.42 Å². The second-order valence-corrected chi connectivity index (χ2v) is 8.61. The highest BCUT2D eigenvalue weighted by atomic mass is 32.1. The van der Waals surface area contributed by atoms with Crippen molar-refractivity contribution < 1.29 is 4.42 Å². The third kappa shape index (κ3) is 3.04. The predicted octanol–water partition coefficient (Wildman–Crippen LogP) is 7.75. The van der Waals surface area contributed by atoms with E-state index in [1.807, 2.05) is 41.7 Å². The number of aromatic nitrogens is 2. The van der Waals surface area contributed by atoms with Gasteiger partial charge in [-0.1, -0.05) is 66.7 Å². The largest absolute Gasteiger partial charge is 0.416 e. The Bertz CT molecular complexity index is 1530. The average Bonchev–Trinajstić information content (AvgIpc) is 3.46. The van der Waals surface area contributed by atoms with Crippen molar-refractivity contribution in [2.75, 3.05) is 0 Å². The topological polar surface area (TPSA) is 38.9 Å². The first-order chi connectivity index (χ1) is 15.3. The number of hydrogen-bond acceptors (Lipinski definition) is 4. The molecule has 148 valence electrons. The third-order valence-corrected chi connectivity index (χ3v) is 7.00. The number of rotatable bonds is 3. The Balaban J connectivity index is 1.40. The molecule has 6 rings (SSSR count). The first-order valence-corrected chi connectivity index (χ1v) is 11.0. The van der Waals surface area contributed by atoms with Crippen LogP contribution < -0.4 is 0 Å². The van der Waals surface area contributed by atoms with Gasteiger partial charge >= 0.3 is 0 Å². The molecule has 0 atom stereocenters. The minimum atomic E-state index is 0.529. The molecule has 0 N–H and O–H groups in total. The van der Waals surface area contributed by atoms with E-state index in [1.165, 1.54) is 36.9 Å². The Hall–Kier alpha value is -3.76. The van der Waals surface area contributed by atoms with Crippen LogP contribution in [-0.2, 0) is 0 Å². The lowest BCUT2D eigenvalue weighted by atomic mass is 10.0. The lowest BCUT2D eigenvalue weighted by Crippen LogP contribution is -1.81. The Labute approximate surface area is 183 Å². The van der Waals surface area contributed by atoms with E-state index >= 15 is 0 Å². The SMILES string of the molecule is Cc1cccc2c1sc1c(-c3ccc(-c4nnc(-c5ccccc5)o4)cc3)cccc12. The number of aryl methyl sites for hydroxylation is 1. The van der Waals surface area contributed by atoms with Crippen LogP contribution in [0.1, 0.15) is 5.56 Å². The van der Waals surface area contributed by atoms with Gasteiger partial charge in [-0.05, 0) is 47.9 Å². The van der Waals surface area contributed by atoms with Crippen LogP contribution in [0.3, 0.4) is 0 Å². The zero-order valence-electron chi connectivity index (χ0n) is 16.9. The van der Waals surface area contributed by atoms with E-state index in [4.69, 9.17) is 4.42 Å². The zero-order chi connectivity index (χ0) is 20.8. The van der Waals surface area contributed by atoms with Gasteiger partial charge in [0.25, 0.3) is 0 Å². The number of thiophene rings is 1. The van der Waals surface area contributed by atoms with Crippen molar-refractivity contribution in [3.05, 3.63) is 96.6 Å². The normalized spacial score (nSPS) is 11.4. The van der Waals surface area contributed by atoms with Crippen LogP contribution in [0.2, 0.25) is 0 Å². The van der Waals surface area contributed by atoms with Crippen molar-refractivity contribution in [1.82, 2.24) is 10.2 Å². The Morgan fingerprint density at radius 2 is 1.19 bits per heavy atom. The van der Waals surface area contributed by atoms with E-state index in [1.54, 1.807) is 0 Å². The molecule has 31 heavy (non-hydrogen) atoms. The van der Waals surface area contributed by atoms with E-state index in [2.05, 4.69) is 77.8 Å². The molecule has 0 saturated carbocycles. The molecule has 0 spiro atoms. The summed E-state index contributed by atoms with van der Waals surface area (Å²) in [6, 6.07) is 31.3. The van der Waals surface area contributed by atoms with Crippen molar-refractivity contribution in [3.63, 3.8) is 0 Å². The lowest BCUT2D eigenvalue weighted by Gasteiger charge is -2.04. The number of hydrogen-bond donors (Lipinski definition) is 0. The Morgan fingerprint density at radius 1 is 0.581 bits per heavy atom. The molecule has 0 aliphatic rings. The maximum atomic E-state index is 5.90. The van der Waals surface area contributed by atoms with Crippen LogP contribution in [0.15, 0.2) is 95.4 Å². The quantitative estimate of drug-likeness (QED) is 0.295. The van der Waals surface area contributed by atoms with Gasteiger partial charge in [0.1, 0.15) is 0 Å². The molecule has 4 aromatic carbocycles. The van der Waals surface area contributed by atoms with Gasteiger partial charge in [-0.15, -0.1) is 21.5 Å². The Morgan fingerprint density at radius 3 is 1.94 bits per heavy atom. The average molecular weight is 419 g/mol. The molecule has 0 saturated heterocycles. The maximum absolute atomic E-state index is 5.90. The van der Waals surface area contributed by atoms with Crippen molar-refractivity contribution in [3.8, 4) is 34.0 Å². The molecular weight excluding hydrogens is 400 g/mol. The summed E-state index contributed by atoms with van der Waals surface area (Å²) in [5, 5.41) is 11.1. The summed E-state index contributed by atoms with van der Waals surface area (Å²) in [6.07, 6.45) is 0. The molecule has 0 aliphatic heterocycles. The van der Waals surface area contributed by atoms with Crippen LogP contribution in [0, 0.1) is 6.92 Å². The minimum Gasteiger partial charge on any atom is -0.416 e. The number of nitrogens with zero attached hydrogens (tertiary/aromatic N) is 2. The second kappa shape index (κ2) is 7.18. The summed E-state index contributed by atoms with van der Waals surface area (Å²) in [4.78, 5) is 0. The smallest absolute Gasteiger partial charge is 0.248 e. The summed E-state index contributed by atoms with van der Waals surface area (Å²) >= 11 is 1.87. The summed E-state index contributed by atoms with van der Waals surface area (Å²) in [5.74, 6) is 1.06.